The molecule has 1 fully saturated rings. The normalized spacial score (nSPS) is 17.9. The van der Waals surface area contributed by atoms with Crippen LogP contribution < -0.4 is 5.73 Å². The lowest BCUT2D eigenvalue weighted by molar-refractivity contribution is 0.636. The smallest absolute Gasteiger partial charge is 0.0510 e. The molecule has 0 aliphatic heterocycles. The summed E-state index contributed by atoms with van der Waals surface area (Å²) in [6, 6.07) is 6.71. The third-order valence-corrected chi connectivity index (χ3v) is 3.72. The zero-order valence-corrected chi connectivity index (χ0v) is 9.90. The Bertz CT molecular complexity index is 535. The first-order valence-corrected chi connectivity index (χ1v) is 5.98. The van der Waals surface area contributed by atoms with Gasteiger partial charge in [0.25, 0.3) is 0 Å². The van der Waals surface area contributed by atoms with E-state index >= 15 is 0 Å². The Labute approximate surface area is 96.1 Å². The molecule has 1 aromatic heterocycles. The van der Waals surface area contributed by atoms with Gasteiger partial charge in [0, 0.05) is 24.7 Å². The third-order valence-electron chi connectivity index (χ3n) is 3.72. The number of benzene rings is 1. The van der Waals surface area contributed by atoms with Gasteiger partial charge in [-0.2, -0.15) is 0 Å². The summed E-state index contributed by atoms with van der Waals surface area (Å²) in [6.45, 7) is 2.16. The SMILES string of the molecule is Cc1cccc2c(C(N)C3CC3)cn(C)c12. The molecule has 16 heavy (non-hydrogen) atoms. The molecular weight excluding hydrogens is 196 g/mol. The molecule has 1 saturated carbocycles. The summed E-state index contributed by atoms with van der Waals surface area (Å²) in [5, 5.41) is 1.34. The number of hydrogen-bond donors (Lipinski definition) is 1. The van der Waals surface area contributed by atoms with Crippen molar-refractivity contribution in [3.05, 3.63) is 35.5 Å². The van der Waals surface area contributed by atoms with E-state index in [9.17, 15) is 0 Å². The van der Waals surface area contributed by atoms with Gasteiger partial charge in [0.2, 0.25) is 0 Å². The van der Waals surface area contributed by atoms with Crippen molar-refractivity contribution >= 4 is 10.9 Å². The van der Waals surface area contributed by atoms with Crippen LogP contribution >= 0.6 is 0 Å². The average Bonchev–Trinajstić information content (AvgIpc) is 3.04. The van der Waals surface area contributed by atoms with E-state index in [4.69, 9.17) is 5.73 Å². The molecule has 1 atom stereocenters. The van der Waals surface area contributed by atoms with Gasteiger partial charge in [-0.3, -0.25) is 0 Å². The van der Waals surface area contributed by atoms with Crippen LogP contribution in [0.4, 0.5) is 0 Å². The van der Waals surface area contributed by atoms with Crippen LogP contribution in [0.2, 0.25) is 0 Å². The van der Waals surface area contributed by atoms with Crippen LogP contribution in [0.5, 0.6) is 0 Å². The fourth-order valence-electron chi connectivity index (χ4n) is 2.68. The van der Waals surface area contributed by atoms with Crippen LogP contribution in [-0.4, -0.2) is 4.57 Å². The lowest BCUT2D eigenvalue weighted by Crippen LogP contribution is -2.11. The van der Waals surface area contributed by atoms with Crippen molar-refractivity contribution in [2.75, 3.05) is 0 Å². The van der Waals surface area contributed by atoms with Gasteiger partial charge in [0.15, 0.2) is 0 Å². The summed E-state index contributed by atoms with van der Waals surface area (Å²) in [5.74, 6) is 0.714. The minimum absolute atomic E-state index is 0.227. The van der Waals surface area contributed by atoms with Crippen LogP contribution in [0.1, 0.15) is 30.0 Å². The zero-order chi connectivity index (χ0) is 11.3. The van der Waals surface area contributed by atoms with E-state index in [2.05, 4.69) is 42.9 Å². The second kappa shape index (κ2) is 3.36. The molecule has 2 aromatic rings. The first-order chi connectivity index (χ1) is 7.68. The van der Waals surface area contributed by atoms with Crippen molar-refractivity contribution in [3.63, 3.8) is 0 Å². The van der Waals surface area contributed by atoms with Gasteiger partial charge < -0.3 is 10.3 Å². The van der Waals surface area contributed by atoms with E-state index in [-0.39, 0.29) is 6.04 Å². The third kappa shape index (κ3) is 1.37. The topological polar surface area (TPSA) is 30.9 Å². The molecule has 0 amide bonds. The van der Waals surface area contributed by atoms with Crippen molar-refractivity contribution in [3.8, 4) is 0 Å². The maximum absolute atomic E-state index is 6.32. The van der Waals surface area contributed by atoms with Gasteiger partial charge in [0.05, 0.1) is 5.52 Å². The molecule has 1 unspecified atom stereocenters. The predicted octanol–water partition coefficient (Wildman–Crippen LogP) is 2.90. The van der Waals surface area contributed by atoms with Crippen LogP contribution in [-0.2, 0) is 7.05 Å². The van der Waals surface area contributed by atoms with Gasteiger partial charge in [-0.25, -0.2) is 0 Å². The lowest BCUT2D eigenvalue weighted by Gasteiger charge is -2.08. The Hall–Kier alpha value is -1.28. The van der Waals surface area contributed by atoms with Crippen LogP contribution in [0.25, 0.3) is 10.9 Å². The van der Waals surface area contributed by atoms with E-state index in [1.165, 1.54) is 34.9 Å². The summed E-state index contributed by atoms with van der Waals surface area (Å²) < 4.78 is 2.21. The standard InChI is InChI=1S/C14H18N2/c1-9-4-3-5-11-12(8-16(2)14(9)11)13(15)10-6-7-10/h3-5,8,10,13H,6-7,15H2,1-2H3. The molecule has 1 heterocycles. The van der Waals surface area contributed by atoms with Gasteiger partial charge >= 0.3 is 0 Å². The van der Waals surface area contributed by atoms with Crippen molar-refractivity contribution in [2.24, 2.45) is 18.7 Å². The van der Waals surface area contributed by atoms with Crippen molar-refractivity contribution in [1.29, 1.82) is 0 Å². The zero-order valence-electron chi connectivity index (χ0n) is 9.90. The molecule has 1 aliphatic carbocycles. The summed E-state index contributed by atoms with van der Waals surface area (Å²) in [6.07, 6.45) is 4.80. The van der Waals surface area contributed by atoms with E-state index in [1.54, 1.807) is 0 Å². The van der Waals surface area contributed by atoms with Crippen molar-refractivity contribution in [1.82, 2.24) is 4.57 Å². The monoisotopic (exact) mass is 214 g/mol. The Morgan fingerprint density at radius 2 is 2.12 bits per heavy atom. The van der Waals surface area contributed by atoms with E-state index in [0.29, 0.717) is 5.92 Å². The lowest BCUT2D eigenvalue weighted by atomic mass is 10.0. The van der Waals surface area contributed by atoms with E-state index in [1.807, 2.05) is 0 Å². The molecule has 2 nitrogen and oxygen atoms in total. The highest BCUT2D eigenvalue weighted by Crippen LogP contribution is 2.41. The Morgan fingerprint density at radius 3 is 2.81 bits per heavy atom. The fraction of sp³-hybridized carbons (Fsp3) is 0.429. The number of fused-ring (bicyclic) bond motifs is 1. The maximum atomic E-state index is 6.32. The van der Waals surface area contributed by atoms with E-state index < -0.39 is 0 Å². The summed E-state index contributed by atoms with van der Waals surface area (Å²) in [4.78, 5) is 0. The second-order valence-electron chi connectivity index (χ2n) is 5.03. The van der Waals surface area contributed by atoms with Gasteiger partial charge in [-0.15, -0.1) is 0 Å². The summed E-state index contributed by atoms with van der Waals surface area (Å²) >= 11 is 0. The molecule has 2 N–H and O–H groups in total. The molecule has 0 bridgehead atoms. The van der Waals surface area contributed by atoms with Gasteiger partial charge in [-0.05, 0) is 36.8 Å². The number of hydrogen-bond acceptors (Lipinski definition) is 1. The Morgan fingerprint density at radius 1 is 1.38 bits per heavy atom. The molecule has 0 saturated heterocycles. The van der Waals surface area contributed by atoms with Gasteiger partial charge in [0.1, 0.15) is 0 Å². The number of rotatable bonds is 2. The molecule has 84 valence electrons. The Kier molecular flexibility index (Phi) is 2.08. The first-order valence-electron chi connectivity index (χ1n) is 5.98. The highest BCUT2D eigenvalue weighted by atomic mass is 14.9. The Balaban J connectivity index is 2.21. The molecule has 1 aliphatic rings. The quantitative estimate of drug-likeness (QED) is 0.818. The molecule has 0 spiro atoms. The van der Waals surface area contributed by atoms with Gasteiger partial charge in [-0.1, -0.05) is 18.2 Å². The second-order valence-corrected chi connectivity index (χ2v) is 5.03. The average molecular weight is 214 g/mol. The molecule has 0 radical (unpaired) electrons. The molecular formula is C14H18N2. The number of nitrogens with zero attached hydrogens (tertiary/aromatic N) is 1. The number of nitrogens with two attached hydrogens (primary N) is 1. The minimum Gasteiger partial charge on any atom is -0.350 e. The fourth-order valence-corrected chi connectivity index (χ4v) is 2.68. The van der Waals surface area contributed by atoms with Crippen LogP contribution in [0.15, 0.2) is 24.4 Å². The van der Waals surface area contributed by atoms with Crippen LogP contribution in [0, 0.1) is 12.8 Å². The predicted molar refractivity (Wildman–Crippen MR) is 67.3 cm³/mol. The maximum Gasteiger partial charge on any atom is 0.0510 e. The minimum atomic E-state index is 0.227. The highest BCUT2D eigenvalue weighted by Gasteiger charge is 2.31. The van der Waals surface area contributed by atoms with E-state index in [0.717, 1.165) is 0 Å². The van der Waals surface area contributed by atoms with Crippen molar-refractivity contribution in [2.45, 2.75) is 25.8 Å². The summed E-state index contributed by atoms with van der Waals surface area (Å²) in [5.41, 5.74) is 10.3. The van der Waals surface area contributed by atoms with Crippen LogP contribution in [0.3, 0.4) is 0 Å². The first kappa shape index (κ1) is 9.91. The summed E-state index contributed by atoms with van der Waals surface area (Å²) in [7, 11) is 2.11. The molecule has 3 rings (SSSR count). The highest BCUT2D eigenvalue weighted by molar-refractivity contribution is 5.87. The number of aryl methyl sites for hydroxylation is 2. The largest absolute Gasteiger partial charge is 0.350 e. The number of para-hydroxylation sites is 1. The van der Waals surface area contributed by atoms with Crippen molar-refractivity contribution < 1.29 is 0 Å². The molecule has 1 aromatic carbocycles. The molecule has 2 heteroatoms. The number of aromatic nitrogens is 1.